The zero-order chi connectivity index (χ0) is 27.3. The van der Waals surface area contributed by atoms with Gasteiger partial charge in [0.1, 0.15) is 10.5 Å². The van der Waals surface area contributed by atoms with Crippen LogP contribution in [0.3, 0.4) is 0 Å². The summed E-state index contributed by atoms with van der Waals surface area (Å²) in [4.78, 5) is 10.4. The maximum absolute atomic E-state index is 12.7. The van der Waals surface area contributed by atoms with Crippen LogP contribution in [0.1, 0.15) is 54.4 Å². The predicted octanol–water partition coefficient (Wildman–Crippen LogP) is 3.74. The summed E-state index contributed by atoms with van der Waals surface area (Å²) in [5.74, 6) is 2.18. The van der Waals surface area contributed by atoms with Gasteiger partial charge in [-0.1, -0.05) is 59.1 Å². The van der Waals surface area contributed by atoms with E-state index in [1.807, 2.05) is 0 Å². The Morgan fingerprint density at radius 2 is 1.36 bits per heavy atom. The highest BCUT2D eigenvalue weighted by molar-refractivity contribution is 7.88. The van der Waals surface area contributed by atoms with Gasteiger partial charge in [-0.15, -0.1) is 12.6 Å². The molecule has 2 rings (SSSR count). The lowest BCUT2D eigenvalue weighted by Gasteiger charge is -2.34. The number of hydrogen-bond donors (Lipinski definition) is 1. The fourth-order valence-corrected chi connectivity index (χ4v) is 9.39. The van der Waals surface area contributed by atoms with Gasteiger partial charge in [0.05, 0.1) is 18.1 Å². The van der Waals surface area contributed by atoms with E-state index in [-0.39, 0.29) is 16.3 Å². The largest absolute Gasteiger partial charge is 0.342 e. The SMILES string of the molecule is CCN1CC(=S)N(CC(C)(C)CCS(=O)CCS(=O)CCC(C)(C)CN2C(=S)CN(CC)C2S)C1=S. The third-order valence-electron chi connectivity index (χ3n) is 6.92. The van der Waals surface area contributed by atoms with E-state index in [4.69, 9.17) is 49.3 Å². The maximum Gasteiger partial charge on any atom is 0.176 e. The van der Waals surface area contributed by atoms with Gasteiger partial charge in [-0.25, -0.2) is 0 Å². The first-order valence-electron chi connectivity index (χ1n) is 12.7. The summed E-state index contributed by atoms with van der Waals surface area (Å²) in [5, 5.41) is 0.800. The van der Waals surface area contributed by atoms with Crippen molar-refractivity contribution in [1.82, 2.24) is 19.6 Å². The zero-order valence-corrected chi connectivity index (χ0v) is 27.6. The molecule has 0 aromatic rings. The van der Waals surface area contributed by atoms with E-state index in [0.29, 0.717) is 29.6 Å². The molecule has 12 heteroatoms. The number of hydrogen-bond acceptors (Lipinski definition) is 7. The average Bonchev–Trinajstić information content (AvgIpc) is 3.23. The van der Waals surface area contributed by atoms with E-state index in [1.54, 1.807) is 0 Å². The lowest BCUT2D eigenvalue weighted by Crippen LogP contribution is -2.41. The number of likely N-dealkylation sites (N-methyl/N-ethyl adjacent to an activating group) is 2. The lowest BCUT2D eigenvalue weighted by atomic mass is 9.89. The Bertz CT molecular complexity index is 866. The molecule has 3 unspecified atom stereocenters. The molecule has 2 heterocycles. The van der Waals surface area contributed by atoms with E-state index < -0.39 is 21.6 Å². The van der Waals surface area contributed by atoms with Crippen LogP contribution >= 0.6 is 49.3 Å². The molecule has 6 nitrogen and oxygen atoms in total. The molecule has 208 valence electrons. The smallest absolute Gasteiger partial charge is 0.176 e. The van der Waals surface area contributed by atoms with Crippen LogP contribution in [-0.2, 0) is 21.6 Å². The van der Waals surface area contributed by atoms with Crippen LogP contribution in [-0.4, -0.2) is 111 Å². The van der Waals surface area contributed by atoms with Crippen molar-refractivity contribution >= 4 is 86.0 Å². The van der Waals surface area contributed by atoms with Crippen LogP contribution < -0.4 is 0 Å². The third-order valence-corrected chi connectivity index (χ3v) is 11.6. The molecule has 0 aromatic heterocycles. The Balaban J connectivity index is 1.71. The van der Waals surface area contributed by atoms with Gasteiger partial charge >= 0.3 is 0 Å². The van der Waals surface area contributed by atoms with E-state index in [0.717, 1.165) is 60.7 Å². The van der Waals surface area contributed by atoms with E-state index in [2.05, 4.69) is 61.1 Å². The van der Waals surface area contributed by atoms with Gasteiger partial charge in [-0.3, -0.25) is 13.3 Å². The van der Waals surface area contributed by atoms with Crippen molar-refractivity contribution in [2.75, 3.05) is 62.3 Å². The maximum atomic E-state index is 12.7. The van der Waals surface area contributed by atoms with Gasteiger partial charge in [0, 0.05) is 64.2 Å². The standard InChI is InChI=1S/C24H44N4O2S6/c1-7-25-15-19(31)27(21(25)33)17-23(3,4)9-11-35(29)13-14-36(30)12-10-24(5,6)18-28-20(32)16-26(8-2)22(28)34/h21,33H,7-18H2,1-6H3. The molecule has 0 aromatic carbocycles. The molecular formula is C24H44N4O2S6. The molecule has 0 amide bonds. The summed E-state index contributed by atoms with van der Waals surface area (Å²) in [6.45, 7) is 17.7. The molecule has 0 bridgehead atoms. The predicted molar refractivity (Wildman–Crippen MR) is 171 cm³/mol. The number of nitrogens with zero attached hydrogens (tertiary/aromatic N) is 4. The summed E-state index contributed by atoms with van der Waals surface area (Å²) in [7, 11) is -1.97. The highest BCUT2D eigenvalue weighted by Gasteiger charge is 2.36. The molecule has 2 aliphatic rings. The number of rotatable bonds is 15. The first kappa shape index (κ1) is 32.5. The van der Waals surface area contributed by atoms with E-state index in [1.165, 1.54) is 0 Å². The lowest BCUT2D eigenvalue weighted by molar-refractivity contribution is 0.185. The topological polar surface area (TPSA) is 47.1 Å². The molecule has 0 N–H and O–H groups in total. The van der Waals surface area contributed by atoms with Gasteiger partial charge in [-0.2, -0.15) is 0 Å². The van der Waals surface area contributed by atoms with Crippen molar-refractivity contribution in [1.29, 1.82) is 0 Å². The van der Waals surface area contributed by atoms with Gasteiger partial charge in [-0.05, 0) is 49.4 Å². The molecule has 2 saturated heterocycles. The summed E-state index contributed by atoms with van der Waals surface area (Å²) in [6.07, 6.45) is 1.64. The van der Waals surface area contributed by atoms with E-state index in [9.17, 15) is 8.42 Å². The van der Waals surface area contributed by atoms with Gasteiger partial charge in [0.15, 0.2) is 5.11 Å². The fraction of sp³-hybridized carbons (Fsp3) is 0.875. The zero-order valence-electron chi connectivity index (χ0n) is 22.7. The first-order chi connectivity index (χ1) is 16.7. The molecule has 36 heavy (non-hydrogen) atoms. The normalized spacial score (nSPS) is 21.7. The van der Waals surface area contributed by atoms with Crippen LogP contribution in [0.25, 0.3) is 0 Å². The summed E-state index contributed by atoms with van der Waals surface area (Å²) >= 11 is 21.4. The quantitative estimate of drug-likeness (QED) is 0.220. The molecule has 2 fully saturated rings. The van der Waals surface area contributed by atoms with Crippen LogP contribution in [0.15, 0.2) is 0 Å². The minimum Gasteiger partial charge on any atom is -0.342 e. The van der Waals surface area contributed by atoms with Crippen LogP contribution in [0.5, 0.6) is 0 Å². The molecular weight excluding hydrogens is 569 g/mol. The Morgan fingerprint density at radius 1 is 0.833 bits per heavy atom. The second kappa shape index (κ2) is 14.1. The monoisotopic (exact) mass is 612 g/mol. The molecule has 2 aliphatic heterocycles. The minimum atomic E-state index is -0.988. The van der Waals surface area contributed by atoms with Crippen molar-refractivity contribution in [2.45, 2.75) is 59.9 Å². The van der Waals surface area contributed by atoms with Crippen molar-refractivity contribution < 1.29 is 8.42 Å². The van der Waals surface area contributed by atoms with E-state index >= 15 is 0 Å². The van der Waals surface area contributed by atoms with Crippen molar-refractivity contribution in [3.05, 3.63) is 0 Å². The molecule has 0 radical (unpaired) electrons. The number of thiol groups is 1. The molecule has 0 saturated carbocycles. The molecule has 3 atom stereocenters. The molecule has 0 aliphatic carbocycles. The molecule has 0 spiro atoms. The summed E-state index contributed by atoms with van der Waals surface area (Å²) in [6, 6.07) is 0. The Kier molecular flexibility index (Phi) is 12.7. The Hall–Kier alpha value is 0.280. The van der Waals surface area contributed by atoms with Crippen molar-refractivity contribution in [3.8, 4) is 0 Å². The average molecular weight is 613 g/mol. The highest BCUT2D eigenvalue weighted by Crippen LogP contribution is 2.29. The second-order valence-corrected chi connectivity index (χ2v) is 16.4. The number of thiocarbonyl (C=S) groups is 3. The van der Waals surface area contributed by atoms with Crippen molar-refractivity contribution in [2.24, 2.45) is 10.8 Å². The fourth-order valence-electron chi connectivity index (χ4n) is 4.33. The van der Waals surface area contributed by atoms with Gasteiger partial charge in [0.25, 0.3) is 0 Å². The third kappa shape index (κ3) is 9.48. The van der Waals surface area contributed by atoms with Crippen LogP contribution in [0, 0.1) is 10.8 Å². The van der Waals surface area contributed by atoms with Gasteiger partial charge in [0.2, 0.25) is 0 Å². The van der Waals surface area contributed by atoms with Crippen LogP contribution in [0.2, 0.25) is 0 Å². The second-order valence-electron chi connectivity index (χ2n) is 11.2. The minimum absolute atomic E-state index is 0.0150. The van der Waals surface area contributed by atoms with Gasteiger partial charge < -0.3 is 14.7 Å². The first-order valence-corrected chi connectivity index (χ1v) is 17.4. The Labute approximate surface area is 245 Å². The highest BCUT2D eigenvalue weighted by atomic mass is 32.2. The van der Waals surface area contributed by atoms with Crippen LogP contribution in [0.4, 0.5) is 0 Å². The summed E-state index contributed by atoms with van der Waals surface area (Å²) in [5.41, 5.74) is -0.0795. The van der Waals surface area contributed by atoms with Crippen molar-refractivity contribution in [3.63, 3.8) is 0 Å². The Morgan fingerprint density at radius 3 is 1.81 bits per heavy atom. The summed E-state index contributed by atoms with van der Waals surface area (Å²) < 4.78 is 25.4.